The monoisotopic (exact) mass is 408 g/mol. The molecule has 21 heavy (non-hydrogen) atoms. The Labute approximate surface area is 145 Å². The van der Waals surface area contributed by atoms with Gasteiger partial charge in [0.2, 0.25) is 0 Å². The molecule has 0 unspecified atom stereocenters. The highest BCUT2D eigenvalue weighted by molar-refractivity contribution is 14.0. The van der Waals surface area contributed by atoms with Gasteiger partial charge in [-0.25, -0.2) is 0 Å². The number of guanidine groups is 1. The summed E-state index contributed by atoms with van der Waals surface area (Å²) in [6, 6.07) is 0. The van der Waals surface area contributed by atoms with Crippen LogP contribution < -0.4 is 10.6 Å². The fourth-order valence-corrected chi connectivity index (χ4v) is 1.90. The van der Waals surface area contributed by atoms with E-state index in [1.807, 2.05) is 11.6 Å². The van der Waals surface area contributed by atoms with Gasteiger partial charge in [-0.3, -0.25) is 4.99 Å². The van der Waals surface area contributed by atoms with Gasteiger partial charge in [0.25, 0.3) is 0 Å². The van der Waals surface area contributed by atoms with Crippen molar-refractivity contribution in [2.24, 2.45) is 10.9 Å². The number of hydrogen-bond acceptors (Lipinski definition) is 3. The van der Waals surface area contributed by atoms with E-state index in [4.69, 9.17) is 0 Å². The lowest BCUT2D eigenvalue weighted by molar-refractivity contribution is 0.548. The molecule has 0 aliphatic heterocycles. The quantitative estimate of drug-likeness (QED) is 0.285. The van der Waals surface area contributed by atoms with Crippen LogP contribution in [0.25, 0.3) is 0 Å². The number of rotatable bonds is 9. The normalized spacial score (nSPS) is 11.3. The van der Waals surface area contributed by atoms with Crippen LogP contribution in [0.4, 0.5) is 0 Å². The molecule has 2 N–H and O–H groups in total. The van der Waals surface area contributed by atoms with Gasteiger partial charge in [-0.1, -0.05) is 13.8 Å². The van der Waals surface area contributed by atoms with E-state index in [0.717, 1.165) is 44.4 Å². The van der Waals surface area contributed by atoms with E-state index in [2.05, 4.69) is 39.7 Å². The Hall–Kier alpha value is -0.860. The van der Waals surface area contributed by atoms with E-state index in [9.17, 15) is 0 Å². The average Bonchev–Trinajstić information content (AvgIpc) is 2.93. The van der Waals surface area contributed by atoms with Crippen molar-refractivity contribution in [2.75, 3.05) is 20.1 Å². The van der Waals surface area contributed by atoms with Crippen LogP contribution in [0.2, 0.25) is 0 Å². The van der Waals surface area contributed by atoms with Crippen molar-refractivity contribution in [3.8, 4) is 0 Å². The number of nitrogens with zero attached hydrogens (tertiary/aromatic N) is 4. The smallest absolute Gasteiger partial charge is 0.190 e. The summed E-state index contributed by atoms with van der Waals surface area (Å²) >= 11 is 0. The summed E-state index contributed by atoms with van der Waals surface area (Å²) in [5.41, 5.74) is 0. The minimum absolute atomic E-state index is 0. The third-order valence-electron chi connectivity index (χ3n) is 3.08. The molecular weight excluding hydrogens is 379 g/mol. The van der Waals surface area contributed by atoms with Gasteiger partial charge >= 0.3 is 0 Å². The second-order valence-corrected chi connectivity index (χ2v) is 5.37. The first-order chi connectivity index (χ1) is 9.72. The Kier molecular flexibility index (Phi) is 12.3. The van der Waals surface area contributed by atoms with E-state index in [-0.39, 0.29) is 24.0 Å². The molecule has 0 bridgehead atoms. The second-order valence-electron chi connectivity index (χ2n) is 5.37. The summed E-state index contributed by atoms with van der Waals surface area (Å²) in [5.74, 6) is 1.67. The van der Waals surface area contributed by atoms with Gasteiger partial charge in [-0.15, -0.1) is 34.2 Å². The minimum Gasteiger partial charge on any atom is -0.356 e. The fourth-order valence-electron chi connectivity index (χ4n) is 1.90. The SMILES string of the molecule is CN=C(NCCCCn1cnnc1)NCCCC(C)C.I. The summed E-state index contributed by atoms with van der Waals surface area (Å²) in [7, 11) is 1.81. The lowest BCUT2D eigenvalue weighted by Gasteiger charge is -2.12. The Bertz CT molecular complexity index is 364. The molecule has 1 rings (SSSR count). The molecule has 6 nitrogen and oxygen atoms in total. The minimum atomic E-state index is 0. The van der Waals surface area contributed by atoms with E-state index in [1.165, 1.54) is 12.8 Å². The molecule has 1 heterocycles. The molecule has 0 aliphatic carbocycles. The molecule has 0 saturated heterocycles. The molecular formula is C14H29IN6. The maximum Gasteiger partial charge on any atom is 0.190 e. The summed E-state index contributed by atoms with van der Waals surface area (Å²) in [4.78, 5) is 4.22. The van der Waals surface area contributed by atoms with Crippen molar-refractivity contribution >= 4 is 29.9 Å². The Morgan fingerprint density at radius 3 is 2.29 bits per heavy atom. The maximum atomic E-state index is 4.22. The number of aromatic nitrogens is 3. The first-order valence-electron chi connectivity index (χ1n) is 7.49. The summed E-state index contributed by atoms with van der Waals surface area (Å²) in [5, 5.41) is 14.2. The van der Waals surface area contributed by atoms with Crippen molar-refractivity contribution in [2.45, 2.75) is 46.1 Å². The molecule has 1 aromatic heterocycles. The maximum absolute atomic E-state index is 4.22. The molecule has 0 aromatic carbocycles. The Morgan fingerprint density at radius 1 is 1.10 bits per heavy atom. The lowest BCUT2D eigenvalue weighted by atomic mass is 10.1. The fraction of sp³-hybridized carbons (Fsp3) is 0.786. The lowest BCUT2D eigenvalue weighted by Crippen LogP contribution is -2.38. The van der Waals surface area contributed by atoms with Crippen LogP contribution in [0.3, 0.4) is 0 Å². The summed E-state index contributed by atoms with van der Waals surface area (Å²) in [6.45, 7) is 7.39. The number of unbranched alkanes of at least 4 members (excludes halogenated alkanes) is 1. The van der Waals surface area contributed by atoms with Gasteiger partial charge in [0.15, 0.2) is 5.96 Å². The zero-order valence-electron chi connectivity index (χ0n) is 13.4. The van der Waals surface area contributed by atoms with E-state index >= 15 is 0 Å². The number of hydrogen-bond donors (Lipinski definition) is 2. The van der Waals surface area contributed by atoms with E-state index < -0.39 is 0 Å². The standard InChI is InChI=1S/C14H28N6.HI/c1-13(2)7-6-9-17-14(15-3)16-8-4-5-10-20-11-18-19-12-20;/h11-13H,4-10H2,1-3H3,(H2,15,16,17);1H. The van der Waals surface area contributed by atoms with Crippen molar-refractivity contribution in [1.29, 1.82) is 0 Å². The van der Waals surface area contributed by atoms with Crippen molar-refractivity contribution in [3.63, 3.8) is 0 Å². The van der Waals surface area contributed by atoms with Gasteiger partial charge in [0.1, 0.15) is 12.7 Å². The topological polar surface area (TPSA) is 67.1 Å². The summed E-state index contributed by atoms with van der Waals surface area (Å²) < 4.78 is 2.00. The van der Waals surface area contributed by atoms with E-state index in [0.29, 0.717) is 0 Å². The molecule has 0 radical (unpaired) electrons. The predicted molar refractivity (Wildman–Crippen MR) is 98.1 cm³/mol. The van der Waals surface area contributed by atoms with Gasteiger partial charge in [-0.2, -0.15) is 0 Å². The molecule has 0 spiro atoms. The molecule has 0 aliphatic rings. The van der Waals surface area contributed by atoms with Crippen LogP contribution >= 0.6 is 24.0 Å². The Morgan fingerprint density at radius 2 is 1.71 bits per heavy atom. The van der Waals surface area contributed by atoms with Gasteiger partial charge < -0.3 is 15.2 Å². The van der Waals surface area contributed by atoms with Gasteiger partial charge in [0, 0.05) is 26.7 Å². The average molecular weight is 408 g/mol. The van der Waals surface area contributed by atoms with Crippen LogP contribution in [-0.4, -0.2) is 40.9 Å². The van der Waals surface area contributed by atoms with Crippen LogP contribution in [0, 0.1) is 5.92 Å². The number of aliphatic imine (C=N–C) groups is 1. The highest BCUT2D eigenvalue weighted by Crippen LogP contribution is 2.01. The van der Waals surface area contributed by atoms with Gasteiger partial charge in [0.05, 0.1) is 0 Å². The zero-order chi connectivity index (χ0) is 14.6. The third-order valence-corrected chi connectivity index (χ3v) is 3.08. The zero-order valence-corrected chi connectivity index (χ0v) is 15.7. The predicted octanol–water partition coefficient (Wildman–Crippen LogP) is 2.28. The molecule has 7 heteroatoms. The molecule has 122 valence electrons. The summed E-state index contributed by atoms with van der Waals surface area (Å²) in [6.07, 6.45) is 8.15. The number of halogens is 1. The molecule has 0 fully saturated rings. The number of nitrogens with one attached hydrogen (secondary N) is 2. The van der Waals surface area contributed by atoms with Gasteiger partial charge in [-0.05, 0) is 31.6 Å². The highest BCUT2D eigenvalue weighted by atomic mass is 127. The second kappa shape index (κ2) is 12.8. The van der Waals surface area contributed by atoms with Crippen LogP contribution in [0.5, 0.6) is 0 Å². The van der Waals surface area contributed by atoms with Crippen molar-refractivity contribution < 1.29 is 0 Å². The first-order valence-corrected chi connectivity index (χ1v) is 7.49. The van der Waals surface area contributed by atoms with Crippen LogP contribution in [0.1, 0.15) is 39.5 Å². The van der Waals surface area contributed by atoms with Crippen molar-refractivity contribution in [3.05, 3.63) is 12.7 Å². The van der Waals surface area contributed by atoms with Crippen LogP contribution in [0.15, 0.2) is 17.6 Å². The first kappa shape index (κ1) is 20.1. The molecule has 0 amide bonds. The highest BCUT2D eigenvalue weighted by Gasteiger charge is 1.98. The molecule has 0 atom stereocenters. The Balaban J connectivity index is 0.00000400. The van der Waals surface area contributed by atoms with E-state index in [1.54, 1.807) is 12.7 Å². The number of aryl methyl sites for hydroxylation is 1. The largest absolute Gasteiger partial charge is 0.356 e. The molecule has 1 aromatic rings. The van der Waals surface area contributed by atoms with Crippen molar-refractivity contribution in [1.82, 2.24) is 25.4 Å². The van der Waals surface area contributed by atoms with Crippen LogP contribution in [-0.2, 0) is 6.54 Å². The third kappa shape index (κ3) is 10.5. The molecule has 0 saturated carbocycles.